The summed E-state index contributed by atoms with van der Waals surface area (Å²) >= 11 is 0. The summed E-state index contributed by atoms with van der Waals surface area (Å²) in [7, 11) is 1.78. The minimum absolute atomic E-state index is 0.871. The van der Waals surface area contributed by atoms with E-state index < -0.39 is 0 Å². The second-order valence-electron chi connectivity index (χ2n) is 2.94. The zero-order valence-corrected chi connectivity index (χ0v) is 8.48. The van der Waals surface area contributed by atoms with Crippen LogP contribution >= 0.6 is 0 Å². The lowest BCUT2D eigenvalue weighted by Crippen LogP contribution is -1.85. The Morgan fingerprint density at radius 2 is 2.07 bits per heavy atom. The molecule has 1 aromatic rings. The van der Waals surface area contributed by atoms with E-state index in [9.17, 15) is 0 Å². The molecule has 0 fully saturated rings. The number of benzene rings is 1. The minimum Gasteiger partial charge on any atom is -0.296 e. The van der Waals surface area contributed by atoms with Crippen LogP contribution < -0.4 is 0 Å². The first-order chi connectivity index (χ1) is 6.88. The van der Waals surface area contributed by atoms with Gasteiger partial charge in [0.1, 0.15) is 0 Å². The molecule has 72 valence electrons. The molecule has 0 radical (unpaired) electrons. The molecule has 0 N–H and O–H groups in total. The molecule has 0 atom stereocenters. The third kappa shape index (κ3) is 3.02. The summed E-state index contributed by atoms with van der Waals surface area (Å²) in [5.74, 6) is 0. The van der Waals surface area contributed by atoms with Gasteiger partial charge in [0.15, 0.2) is 0 Å². The van der Waals surface area contributed by atoms with Crippen LogP contribution in [0.2, 0.25) is 0 Å². The fourth-order valence-corrected chi connectivity index (χ4v) is 1.23. The normalized spacial score (nSPS) is 11.9. The predicted molar refractivity (Wildman–Crippen MR) is 63.6 cm³/mol. The highest BCUT2D eigenvalue weighted by Crippen LogP contribution is 2.12. The Labute approximate surface area is 85.5 Å². The molecule has 14 heavy (non-hydrogen) atoms. The first-order valence-electron chi connectivity index (χ1n) is 4.67. The molecular weight excluding hydrogens is 170 g/mol. The molecule has 0 saturated heterocycles. The highest BCUT2D eigenvalue weighted by molar-refractivity contribution is 6.09. The lowest BCUT2D eigenvalue weighted by atomic mass is 10.1. The summed E-state index contributed by atoms with van der Waals surface area (Å²) < 4.78 is 0. The molecule has 0 bridgehead atoms. The van der Waals surface area contributed by atoms with E-state index in [0.717, 1.165) is 12.0 Å². The lowest BCUT2D eigenvalue weighted by molar-refractivity contribution is 1.41. The van der Waals surface area contributed by atoms with Gasteiger partial charge in [0.2, 0.25) is 0 Å². The quantitative estimate of drug-likeness (QED) is 0.504. The van der Waals surface area contributed by atoms with E-state index in [1.807, 2.05) is 30.5 Å². The van der Waals surface area contributed by atoms with Crippen molar-refractivity contribution in [1.82, 2.24) is 0 Å². The van der Waals surface area contributed by atoms with E-state index in [1.54, 1.807) is 7.05 Å². The maximum atomic E-state index is 4.04. The highest BCUT2D eigenvalue weighted by Gasteiger charge is 1.95. The standard InChI is InChI=1S/C13H15N/c1-3-4-8-13(11-14-2)12-9-6-5-7-10-12/h3,5-11H,1,4H2,2H3/b13-8+,14-11-. The molecule has 0 spiro atoms. The fourth-order valence-electron chi connectivity index (χ4n) is 1.23. The largest absolute Gasteiger partial charge is 0.296 e. The van der Waals surface area contributed by atoms with Crippen LogP contribution in [0.1, 0.15) is 12.0 Å². The molecule has 1 heteroatoms. The van der Waals surface area contributed by atoms with Crippen molar-refractivity contribution in [2.45, 2.75) is 6.42 Å². The molecule has 0 aliphatic rings. The Morgan fingerprint density at radius 3 is 2.64 bits per heavy atom. The Bertz CT molecular complexity index is 334. The molecule has 1 nitrogen and oxygen atoms in total. The van der Waals surface area contributed by atoms with Crippen LogP contribution in [0, 0.1) is 0 Å². The molecule has 0 amide bonds. The van der Waals surface area contributed by atoms with E-state index in [1.165, 1.54) is 5.56 Å². The number of hydrogen-bond donors (Lipinski definition) is 0. The first kappa shape index (κ1) is 10.5. The molecule has 0 heterocycles. The maximum Gasteiger partial charge on any atom is 0.0284 e. The Kier molecular flexibility index (Phi) is 4.42. The van der Waals surface area contributed by atoms with Gasteiger partial charge in [0.25, 0.3) is 0 Å². The van der Waals surface area contributed by atoms with E-state index in [2.05, 4.69) is 29.8 Å². The van der Waals surface area contributed by atoms with Gasteiger partial charge in [-0.2, -0.15) is 0 Å². The Balaban J connectivity index is 2.94. The average molecular weight is 185 g/mol. The number of nitrogens with zero attached hydrogens (tertiary/aromatic N) is 1. The van der Waals surface area contributed by atoms with Crippen molar-refractivity contribution in [1.29, 1.82) is 0 Å². The van der Waals surface area contributed by atoms with E-state index in [0.29, 0.717) is 0 Å². The Hall–Kier alpha value is -1.63. The molecule has 1 rings (SSSR count). The molecule has 0 saturated carbocycles. The highest BCUT2D eigenvalue weighted by atomic mass is 14.6. The van der Waals surface area contributed by atoms with Gasteiger partial charge in [-0.1, -0.05) is 42.5 Å². The van der Waals surface area contributed by atoms with Crippen molar-refractivity contribution in [3.8, 4) is 0 Å². The van der Waals surface area contributed by atoms with Gasteiger partial charge in [-0.3, -0.25) is 4.99 Å². The van der Waals surface area contributed by atoms with Crippen LogP contribution in [0.5, 0.6) is 0 Å². The second kappa shape index (κ2) is 5.92. The minimum atomic E-state index is 0.871. The van der Waals surface area contributed by atoms with Crippen LogP contribution in [0.25, 0.3) is 5.57 Å². The average Bonchev–Trinajstić information content (AvgIpc) is 2.25. The third-order valence-corrected chi connectivity index (χ3v) is 1.88. The van der Waals surface area contributed by atoms with E-state index in [-0.39, 0.29) is 0 Å². The molecule has 0 aliphatic heterocycles. The zero-order chi connectivity index (χ0) is 10.2. The smallest absolute Gasteiger partial charge is 0.0284 e. The second-order valence-corrected chi connectivity index (χ2v) is 2.94. The fraction of sp³-hybridized carbons (Fsp3) is 0.154. The molecular formula is C13H15N. The third-order valence-electron chi connectivity index (χ3n) is 1.88. The van der Waals surface area contributed by atoms with Crippen molar-refractivity contribution >= 4 is 11.8 Å². The summed E-state index contributed by atoms with van der Waals surface area (Å²) in [6, 6.07) is 10.2. The number of rotatable bonds is 4. The molecule has 0 unspecified atom stereocenters. The van der Waals surface area contributed by atoms with Crippen molar-refractivity contribution in [2.24, 2.45) is 4.99 Å². The first-order valence-corrected chi connectivity index (χ1v) is 4.67. The van der Waals surface area contributed by atoms with Crippen molar-refractivity contribution in [3.63, 3.8) is 0 Å². The SMILES string of the molecule is C=CC/C=C(\C=N/C)c1ccccc1. The number of hydrogen-bond acceptors (Lipinski definition) is 1. The maximum absolute atomic E-state index is 4.04. The number of aliphatic imine (C=N–C) groups is 1. The molecule has 0 aromatic heterocycles. The van der Waals surface area contributed by atoms with Crippen LogP contribution in [0.4, 0.5) is 0 Å². The van der Waals surface area contributed by atoms with Gasteiger partial charge in [-0.15, -0.1) is 6.58 Å². The summed E-state index contributed by atoms with van der Waals surface area (Å²) in [6.07, 6.45) is 6.75. The molecule has 0 aliphatic carbocycles. The van der Waals surface area contributed by atoms with Crippen LogP contribution in [-0.4, -0.2) is 13.3 Å². The van der Waals surface area contributed by atoms with Gasteiger partial charge in [-0.25, -0.2) is 0 Å². The topological polar surface area (TPSA) is 12.4 Å². The Morgan fingerprint density at radius 1 is 1.36 bits per heavy atom. The van der Waals surface area contributed by atoms with E-state index >= 15 is 0 Å². The van der Waals surface area contributed by atoms with Gasteiger partial charge in [0.05, 0.1) is 0 Å². The summed E-state index contributed by atoms with van der Waals surface area (Å²) in [4.78, 5) is 4.04. The van der Waals surface area contributed by atoms with Crippen LogP contribution in [-0.2, 0) is 0 Å². The van der Waals surface area contributed by atoms with Crippen LogP contribution in [0.15, 0.2) is 54.1 Å². The number of allylic oxidation sites excluding steroid dienone is 3. The summed E-state index contributed by atoms with van der Waals surface area (Å²) in [5, 5.41) is 0. The van der Waals surface area contributed by atoms with Crippen molar-refractivity contribution in [2.75, 3.05) is 7.05 Å². The van der Waals surface area contributed by atoms with Crippen molar-refractivity contribution in [3.05, 3.63) is 54.6 Å². The van der Waals surface area contributed by atoms with E-state index in [4.69, 9.17) is 0 Å². The van der Waals surface area contributed by atoms with Crippen LogP contribution in [0.3, 0.4) is 0 Å². The van der Waals surface area contributed by atoms with Gasteiger partial charge in [-0.05, 0) is 17.6 Å². The van der Waals surface area contributed by atoms with Gasteiger partial charge >= 0.3 is 0 Å². The monoisotopic (exact) mass is 185 g/mol. The summed E-state index contributed by atoms with van der Waals surface area (Å²) in [6.45, 7) is 3.70. The summed E-state index contributed by atoms with van der Waals surface area (Å²) in [5.41, 5.74) is 2.34. The van der Waals surface area contributed by atoms with Gasteiger partial charge < -0.3 is 0 Å². The lowest BCUT2D eigenvalue weighted by Gasteiger charge is -2.00. The van der Waals surface area contributed by atoms with Crippen molar-refractivity contribution < 1.29 is 0 Å². The predicted octanol–water partition coefficient (Wildman–Crippen LogP) is 3.35. The molecule has 1 aromatic carbocycles. The van der Waals surface area contributed by atoms with Gasteiger partial charge in [0, 0.05) is 13.3 Å². The zero-order valence-electron chi connectivity index (χ0n) is 8.48.